The SMILES string of the molecule is Cl.NC[C@H]1CC[C@@H](C(=O)Nc2cccc(-c3cccs3)c2)O1. The maximum Gasteiger partial charge on any atom is 0.253 e. The van der Waals surface area contributed by atoms with Gasteiger partial charge in [-0.05, 0) is 42.0 Å². The summed E-state index contributed by atoms with van der Waals surface area (Å²) in [5, 5.41) is 4.97. The normalized spacial score (nSPS) is 20.4. The number of carbonyl (C=O) groups is 1. The first-order chi connectivity index (χ1) is 10.3. The predicted molar refractivity (Wildman–Crippen MR) is 92.6 cm³/mol. The van der Waals surface area contributed by atoms with Crippen LogP contribution in [0.1, 0.15) is 12.8 Å². The maximum absolute atomic E-state index is 12.2. The lowest BCUT2D eigenvalue weighted by molar-refractivity contribution is -0.126. The van der Waals surface area contributed by atoms with E-state index in [4.69, 9.17) is 10.5 Å². The number of anilines is 1. The number of hydrogen-bond acceptors (Lipinski definition) is 4. The Kier molecular flexibility index (Phi) is 5.97. The molecule has 1 aliphatic heterocycles. The van der Waals surface area contributed by atoms with Crippen molar-refractivity contribution in [2.75, 3.05) is 11.9 Å². The van der Waals surface area contributed by atoms with E-state index < -0.39 is 0 Å². The molecule has 2 atom stereocenters. The third-order valence-electron chi connectivity index (χ3n) is 3.60. The van der Waals surface area contributed by atoms with Crippen LogP contribution in [0.3, 0.4) is 0 Å². The number of nitrogens with one attached hydrogen (secondary N) is 1. The minimum atomic E-state index is -0.385. The van der Waals surface area contributed by atoms with E-state index in [1.165, 1.54) is 4.88 Å². The van der Waals surface area contributed by atoms with Gasteiger partial charge in [-0.25, -0.2) is 0 Å². The summed E-state index contributed by atoms with van der Waals surface area (Å²) in [5.41, 5.74) is 7.47. The topological polar surface area (TPSA) is 64.4 Å². The van der Waals surface area contributed by atoms with Crippen molar-refractivity contribution in [2.24, 2.45) is 5.73 Å². The van der Waals surface area contributed by atoms with Crippen LogP contribution in [0.4, 0.5) is 5.69 Å². The van der Waals surface area contributed by atoms with E-state index in [9.17, 15) is 4.79 Å². The summed E-state index contributed by atoms with van der Waals surface area (Å²) >= 11 is 1.68. The summed E-state index contributed by atoms with van der Waals surface area (Å²) in [6.45, 7) is 0.470. The summed E-state index contributed by atoms with van der Waals surface area (Å²) in [4.78, 5) is 13.4. The van der Waals surface area contributed by atoms with Gasteiger partial charge < -0.3 is 15.8 Å². The Bertz CT molecular complexity index is 618. The Morgan fingerprint density at radius 3 is 2.86 bits per heavy atom. The fourth-order valence-electron chi connectivity index (χ4n) is 2.49. The van der Waals surface area contributed by atoms with Crippen molar-refractivity contribution in [3.8, 4) is 10.4 Å². The van der Waals surface area contributed by atoms with Gasteiger partial charge >= 0.3 is 0 Å². The molecule has 0 saturated carbocycles. The molecule has 2 aromatic rings. The smallest absolute Gasteiger partial charge is 0.253 e. The number of benzene rings is 1. The third-order valence-corrected chi connectivity index (χ3v) is 4.52. The van der Waals surface area contributed by atoms with Crippen molar-refractivity contribution in [3.05, 3.63) is 41.8 Å². The minimum Gasteiger partial charge on any atom is -0.364 e. The van der Waals surface area contributed by atoms with Gasteiger partial charge in [-0.15, -0.1) is 23.7 Å². The summed E-state index contributed by atoms with van der Waals surface area (Å²) in [7, 11) is 0. The lowest BCUT2D eigenvalue weighted by Crippen LogP contribution is -2.29. The highest BCUT2D eigenvalue weighted by Crippen LogP contribution is 2.27. The fourth-order valence-corrected chi connectivity index (χ4v) is 3.21. The first-order valence-corrected chi connectivity index (χ1v) is 7.94. The molecule has 3 rings (SSSR count). The zero-order valence-corrected chi connectivity index (χ0v) is 13.7. The monoisotopic (exact) mass is 338 g/mol. The molecule has 3 N–H and O–H groups in total. The number of rotatable bonds is 4. The molecule has 0 aliphatic carbocycles. The second-order valence-corrected chi connectivity index (χ2v) is 6.05. The highest BCUT2D eigenvalue weighted by atomic mass is 35.5. The summed E-state index contributed by atoms with van der Waals surface area (Å²) < 4.78 is 5.61. The van der Waals surface area contributed by atoms with E-state index >= 15 is 0 Å². The number of ether oxygens (including phenoxy) is 1. The summed E-state index contributed by atoms with van der Waals surface area (Å²) in [6.07, 6.45) is 1.21. The van der Waals surface area contributed by atoms with Crippen LogP contribution in [-0.4, -0.2) is 24.7 Å². The molecular weight excluding hydrogens is 320 g/mol. The highest BCUT2D eigenvalue weighted by molar-refractivity contribution is 7.13. The highest BCUT2D eigenvalue weighted by Gasteiger charge is 2.29. The van der Waals surface area contributed by atoms with Gasteiger partial charge in [0.25, 0.3) is 5.91 Å². The van der Waals surface area contributed by atoms with Gasteiger partial charge in [0.1, 0.15) is 6.10 Å². The molecule has 6 heteroatoms. The van der Waals surface area contributed by atoms with E-state index in [2.05, 4.69) is 11.4 Å². The van der Waals surface area contributed by atoms with E-state index in [1.54, 1.807) is 11.3 Å². The van der Waals surface area contributed by atoms with Gasteiger partial charge in [-0.2, -0.15) is 0 Å². The molecule has 1 saturated heterocycles. The maximum atomic E-state index is 12.2. The molecule has 1 aliphatic rings. The molecule has 118 valence electrons. The van der Waals surface area contributed by atoms with Crippen molar-refractivity contribution in [2.45, 2.75) is 25.0 Å². The van der Waals surface area contributed by atoms with Crippen LogP contribution in [0.2, 0.25) is 0 Å². The van der Waals surface area contributed by atoms with E-state index in [0.717, 1.165) is 24.1 Å². The molecule has 0 bridgehead atoms. The van der Waals surface area contributed by atoms with Crippen LogP contribution < -0.4 is 11.1 Å². The Morgan fingerprint density at radius 2 is 2.18 bits per heavy atom. The number of thiophene rings is 1. The molecule has 4 nitrogen and oxygen atoms in total. The van der Waals surface area contributed by atoms with E-state index in [0.29, 0.717) is 6.54 Å². The molecule has 2 heterocycles. The molecule has 1 aromatic carbocycles. The van der Waals surface area contributed by atoms with Gasteiger partial charge in [-0.3, -0.25) is 4.79 Å². The second-order valence-electron chi connectivity index (χ2n) is 5.11. The quantitative estimate of drug-likeness (QED) is 0.899. The molecule has 0 radical (unpaired) electrons. The van der Waals surface area contributed by atoms with Crippen LogP contribution >= 0.6 is 23.7 Å². The zero-order valence-electron chi connectivity index (χ0n) is 12.0. The lowest BCUT2D eigenvalue weighted by atomic mass is 10.1. The number of amides is 1. The molecule has 1 fully saturated rings. The van der Waals surface area contributed by atoms with Crippen LogP contribution in [0.5, 0.6) is 0 Å². The average Bonchev–Trinajstić information content (AvgIpc) is 3.19. The third kappa shape index (κ3) is 3.87. The first-order valence-electron chi connectivity index (χ1n) is 7.06. The average molecular weight is 339 g/mol. The predicted octanol–water partition coefficient (Wildman–Crippen LogP) is 3.28. The summed E-state index contributed by atoms with van der Waals surface area (Å²) in [5.74, 6) is -0.0886. The van der Waals surface area contributed by atoms with Crippen molar-refractivity contribution in [1.29, 1.82) is 0 Å². The Labute approximate surface area is 140 Å². The minimum absolute atomic E-state index is 0. The van der Waals surface area contributed by atoms with Gasteiger partial charge in [-0.1, -0.05) is 18.2 Å². The number of hydrogen-bond donors (Lipinski definition) is 2. The number of carbonyl (C=O) groups excluding carboxylic acids is 1. The number of halogens is 1. The standard InChI is InChI=1S/C16H18N2O2S.ClH/c17-10-13-6-7-14(20-13)16(19)18-12-4-1-3-11(9-12)15-5-2-8-21-15;/h1-5,8-9,13-14H,6-7,10,17H2,(H,18,19);1H/t13-,14+;/m1./s1. The van der Waals surface area contributed by atoms with Gasteiger partial charge in [0.2, 0.25) is 0 Å². The van der Waals surface area contributed by atoms with Crippen molar-refractivity contribution in [3.63, 3.8) is 0 Å². The molecule has 22 heavy (non-hydrogen) atoms. The fraction of sp³-hybridized carbons (Fsp3) is 0.312. The largest absolute Gasteiger partial charge is 0.364 e. The Morgan fingerprint density at radius 1 is 1.32 bits per heavy atom. The van der Waals surface area contributed by atoms with Gasteiger partial charge in [0.15, 0.2) is 0 Å². The first kappa shape index (κ1) is 17.0. The van der Waals surface area contributed by atoms with Crippen molar-refractivity contribution in [1.82, 2.24) is 0 Å². The Hall–Kier alpha value is -1.40. The van der Waals surface area contributed by atoms with Crippen LogP contribution in [0, 0.1) is 0 Å². The van der Waals surface area contributed by atoms with Gasteiger partial charge in [0.05, 0.1) is 6.10 Å². The van der Waals surface area contributed by atoms with Gasteiger partial charge in [0, 0.05) is 17.1 Å². The molecule has 1 amide bonds. The molecular formula is C16H19ClN2O2S. The second kappa shape index (κ2) is 7.74. The Balaban J connectivity index is 0.00000176. The van der Waals surface area contributed by atoms with Crippen LogP contribution in [0.15, 0.2) is 41.8 Å². The molecule has 0 unspecified atom stereocenters. The van der Waals surface area contributed by atoms with Crippen molar-refractivity contribution >= 4 is 35.3 Å². The van der Waals surface area contributed by atoms with Crippen LogP contribution in [0.25, 0.3) is 10.4 Å². The number of nitrogens with two attached hydrogens (primary N) is 1. The van der Waals surface area contributed by atoms with E-state index in [-0.39, 0.29) is 30.5 Å². The molecule has 1 aromatic heterocycles. The molecule has 0 spiro atoms. The summed E-state index contributed by atoms with van der Waals surface area (Å²) in [6, 6.07) is 12.0. The zero-order chi connectivity index (χ0) is 14.7. The van der Waals surface area contributed by atoms with Crippen molar-refractivity contribution < 1.29 is 9.53 Å². The lowest BCUT2D eigenvalue weighted by Gasteiger charge is -2.13. The van der Waals surface area contributed by atoms with Crippen LogP contribution in [-0.2, 0) is 9.53 Å². The van der Waals surface area contributed by atoms with E-state index in [1.807, 2.05) is 35.7 Å².